The van der Waals surface area contributed by atoms with E-state index in [9.17, 15) is 19.2 Å². The minimum Gasteiger partial charge on any atom is -0.444 e. The Bertz CT molecular complexity index is 983. The first-order valence-electron chi connectivity index (χ1n) is 13.7. The molecule has 0 heterocycles. The van der Waals surface area contributed by atoms with Crippen molar-refractivity contribution in [1.82, 2.24) is 15.5 Å². The Labute approximate surface area is 227 Å². The van der Waals surface area contributed by atoms with Gasteiger partial charge in [0.05, 0.1) is 0 Å². The van der Waals surface area contributed by atoms with Crippen LogP contribution in [0, 0.1) is 19.8 Å². The van der Waals surface area contributed by atoms with Crippen LogP contribution in [0.5, 0.6) is 0 Å². The molecule has 0 radical (unpaired) electrons. The van der Waals surface area contributed by atoms with Gasteiger partial charge in [-0.15, -0.1) is 0 Å². The van der Waals surface area contributed by atoms with Crippen LogP contribution >= 0.6 is 0 Å². The standard InChI is InChI=1S/C29H46N4O5/c1-8-9-10-16-31-26(35)25(24-18(2)12-11-13-19(24)3)33(22-17-20(22)4)27(36)21(14-15-23(30)34)32-28(37)38-29(5,6)7/h11-13,20-22,25H,8-10,14-17H2,1-7H3,(H2,30,34)(H,31,35)(H,32,37). The molecule has 38 heavy (non-hydrogen) atoms. The van der Waals surface area contributed by atoms with Crippen LogP contribution in [0.1, 0.15) is 95.9 Å². The van der Waals surface area contributed by atoms with Crippen molar-refractivity contribution in [2.24, 2.45) is 11.7 Å². The molecule has 0 spiro atoms. The van der Waals surface area contributed by atoms with E-state index in [2.05, 4.69) is 17.6 Å². The van der Waals surface area contributed by atoms with E-state index in [1.54, 1.807) is 25.7 Å². The molecule has 1 saturated carbocycles. The summed E-state index contributed by atoms with van der Waals surface area (Å²) in [6.07, 6.45) is 2.74. The van der Waals surface area contributed by atoms with E-state index in [1.807, 2.05) is 39.0 Å². The van der Waals surface area contributed by atoms with Gasteiger partial charge in [0.15, 0.2) is 0 Å². The van der Waals surface area contributed by atoms with Gasteiger partial charge in [-0.05, 0) is 76.5 Å². The molecule has 4 atom stereocenters. The maximum atomic E-state index is 14.2. The van der Waals surface area contributed by atoms with Crippen LogP contribution in [-0.4, -0.2) is 52.9 Å². The number of unbranched alkanes of at least 4 members (excludes halogenated alkanes) is 2. The number of hydrogen-bond donors (Lipinski definition) is 3. The van der Waals surface area contributed by atoms with Gasteiger partial charge in [0.2, 0.25) is 17.7 Å². The zero-order valence-electron chi connectivity index (χ0n) is 24.1. The lowest BCUT2D eigenvalue weighted by Gasteiger charge is -2.36. The molecule has 9 heteroatoms. The molecule has 0 bridgehead atoms. The smallest absolute Gasteiger partial charge is 0.408 e. The topological polar surface area (TPSA) is 131 Å². The molecule has 1 fully saturated rings. The van der Waals surface area contributed by atoms with E-state index in [1.165, 1.54) is 0 Å². The van der Waals surface area contributed by atoms with E-state index in [4.69, 9.17) is 10.5 Å². The minimum absolute atomic E-state index is 0.00258. The summed E-state index contributed by atoms with van der Waals surface area (Å²) in [6.45, 7) is 13.7. The number of hydrogen-bond acceptors (Lipinski definition) is 5. The summed E-state index contributed by atoms with van der Waals surface area (Å²) in [5.74, 6) is -1.07. The highest BCUT2D eigenvalue weighted by molar-refractivity contribution is 5.93. The third-order valence-electron chi connectivity index (χ3n) is 6.77. The average Bonchev–Trinajstić information content (AvgIpc) is 3.52. The molecule has 1 aromatic carbocycles. The van der Waals surface area contributed by atoms with Gasteiger partial charge in [0.25, 0.3) is 0 Å². The van der Waals surface area contributed by atoms with E-state index in [0.717, 1.165) is 42.4 Å². The van der Waals surface area contributed by atoms with Crippen molar-refractivity contribution in [2.45, 2.75) is 111 Å². The van der Waals surface area contributed by atoms with E-state index >= 15 is 0 Å². The van der Waals surface area contributed by atoms with Gasteiger partial charge in [-0.1, -0.05) is 44.9 Å². The molecule has 1 aliphatic carbocycles. The Morgan fingerprint density at radius 1 is 1.13 bits per heavy atom. The number of carbonyl (C=O) groups is 4. The Hall–Kier alpha value is -3.10. The van der Waals surface area contributed by atoms with Crippen molar-refractivity contribution in [3.05, 3.63) is 34.9 Å². The highest BCUT2D eigenvalue weighted by atomic mass is 16.6. The number of nitrogens with one attached hydrogen (secondary N) is 2. The summed E-state index contributed by atoms with van der Waals surface area (Å²) in [5.41, 5.74) is 7.20. The molecule has 1 aliphatic rings. The number of carbonyl (C=O) groups excluding carboxylic acids is 4. The summed E-state index contributed by atoms with van der Waals surface area (Å²) in [7, 11) is 0. The predicted molar refractivity (Wildman–Crippen MR) is 147 cm³/mol. The fourth-order valence-corrected chi connectivity index (χ4v) is 4.68. The third kappa shape index (κ3) is 9.03. The minimum atomic E-state index is -1.08. The summed E-state index contributed by atoms with van der Waals surface area (Å²) in [5, 5.41) is 5.69. The number of aryl methyl sites for hydroxylation is 2. The summed E-state index contributed by atoms with van der Waals surface area (Å²) in [6, 6.07) is 3.66. The number of benzene rings is 1. The number of alkyl carbamates (subject to hydrolysis) is 1. The monoisotopic (exact) mass is 530 g/mol. The summed E-state index contributed by atoms with van der Waals surface area (Å²) in [4.78, 5) is 54.0. The van der Waals surface area contributed by atoms with Crippen molar-refractivity contribution in [3.8, 4) is 0 Å². The zero-order valence-corrected chi connectivity index (χ0v) is 24.1. The van der Waals surface area contributed by atoms with Crippen molar-refractivity contribution in [2.75, 3.05) is 6.54 Å². The van der Waals surface area contributed by atoms with Gasteiger partial charge in [-0.2, -0.15) is 0 Å². The van der Waals surface area contributed by atoms with Crippen LogP contribution in [0.4, 0.5) is 4.79 Å². The van der Waals surface area contributed by atoms with Crippen LogP contribution < -0.4 is 16.4 Å². The number of nitrogens with two attached hydrogens (primary N) is 1. The first-order valence-corrected chi connectivity index (χ1v) is 13.7. The normalized spacial score (nSPS) is 18.2. The third-order valence-corrected chi connectivity index (χ3v) is 6.77. The molecule has 0 aliphatic heterocycles. The SMILES string of the molecule is CCCCCNC(=O)C(c1c(C)cccc1C)N(C(=O)C(CCC(N)=O)NC(=O)OC(C)(C)C)C1CC1C. The second-order valence-electron chi connectivity index (χ2n) is 11.4. The van der Waals surface area contributed by atoms with E-state index < -0.39 is 35.6 Å². The average molecular weight is 531 g/mol. The van der Waals surface area contributed by atoms with Crippen molar-refractivity contribution < 1.29 is 23.9 Å². The molecule has 1 aromatic rings. The van der Waals surface area contributed by atoms with Crippen molar-refractivity contribution in [3.63, 3.8) is 0 Å². The Morgan fingerprint density at radius 2 is 1.74 bits per heavy atom. The summed E-state index contributed by atoms with van der Waals surface area (Å²) >= 11 is 0. The van der Waals surface area contributed by atoms with Crippen LogP contribution in [0.25, 0.3) is 0 Å². The van der Waals surface area contributed by atoms with Crippen molar-refractivity contribution in [1.29, 1.82) is 0 Å². The number of ether oxygens (including phenoxy) is 1. The van der Waals surface area contributed by atoms with Gasteiger partial charge in [0, 0.05) is 19.0 Å². The molecule has 2 rings (SSSR count). The number of nitrogens with zero attached hydrogens (tertiary/aromatic N) is 1. The highest BCUT2D eigenvalue weighted by Crippen LogP contribution is 2.42. The summed E-state index contributed by atoms with van der Waals surface area (Å²) < 4.78 is 5.39. The van der Waals surface area contributed by atoms with Gasteiger partial charge >= 0.3 is 6.09 Å². The Kier molecular flexibility index (Phi) is 11.2. The van der Waals surface area contributed by atoms with Gasteiger partial charge in [-0.3, -0.25) is 14.4 Å². The lowest BCUT2D eigenvalue weighted by molar-refractivity contribution is -0.143. The number of rotatable bonds is 13. The molecule has 0 aromatic heterocycles. The molecular formula is C29H46N4O5. The van der Waals surface area contributed by atoms with Gasteiger partial charge in [0.1, 0.15) is 17.7 Å². The van der Waals surface area contributed by atoms with Crippen molar-refractivity contribution >= 4 is 23.8 Å². The lowest BCUT2D eigenvalue weighted by Crippen LogP contribution is -2.54. The quantitative estimate of drug-likeness (QED) is 0.331. The second kappa shape index (κ2) is 13.6. The first kappa shape index (κ1) is 31.1. The van der Waals surface area contributed by atoms with Crippen LogP contribution in [0.3, 0.4) is 0 Å². The van der Waals surface area contributed by atoms with Crippen LogP contribution in [0.15, 0.2) is 18.2 Å². The highest BCUT2D eigenvalue weighted by Gasteiger charge is 2.48. The molecule has 4 unspecified atom stereocenters. The molecule has 4 N–H and O–H groups in total. The molecule has 4 amide bonds. The van der Waals surface area contributed by atoms with Crippen LogP contribution in [0.2, 0.25) is 0 Å². The van der Waals surface area contributed by atoms with Gasteiger partial charge in [-0.25, -0.2) is 4.79 Å². The van der Waals surface area contributed by atoms with Crippen LogP contribution in [-0.2, 0) is 19.1 Å². The zero-order chi connectivity index (χ0) is 28.6. The Morgan fingerprint density at radius 3 is 2.24 bits per heavy atom. The fourth-order valence-electron chi connectivity index (χ4n) is 4.68. The molecular weight excluding hydrogens is 484 g/mol. The molecule has 0 saturated heterocycles. The second-order valence-corrected chi connectivity index (χ2v) is 11.4. The van der Waals surface area contributed by atoms with E-state index in [-0.39, 0.29) is 30.7 Å². The maximum Gasteiger partial charge on any atom is 0.408 e. The molecule has 9 nitrogen and oxygen atoms in total. The van der Waals surface area contributed by atoms with E-state index in [0.29, 0.717) is 6.54 Å². The van der Waals surface area contributed by atoms with Gasteiger partial charge < -0.3 is 26.0 Å². The maximum absolute atomic E-state index is 14.2. The Balaban J connectivity index is 2.51. The largest absolute Gasteiger partial charge is 0.444 e. The number of primary amides is 1. The molecule has 212 valence electrons. The lowest BCUT2D eigenvalue weighted by atomic mass is 9.93. The predicted octanol–water partition coefficient (Wildman–Crippen LogP) is 4.05. The first-order chi connectivity index (χ1) is 17.8. The fraction of sp³-hybridized carbons (Fsp3) is 0.655. The number of amides is 4.